The molecule has 4 aliphatic rings. The number of rotatable bonds is 5. The molecule has 1 N–H and O–H groups in total. The molecule has 11 nitrogen and oxygen atoms in total. The van der Waals surface area contributed by atoms with E-state index in [9.17, 15) is 24.3 Å². The molecular weight excluding hydrogens is 623 g/mol. The number of carbonyl (C=O) groups is 4. The highest BCUT2D eigenvalue weighted by atomic mass is 19.1. The topological polar surface area (TPSA) is 144 Å². The molecule has 1 spiro atoms. The zero-order valence-corrected chi connectivity index (χ0v) is 30.6. The first-order valence-corrected chi connectivity index (χ1v) is 17.6. The van der Waals surface area contributed by atoms with E-state index in [4.69, 9.17) is 18.9 Å². The molecule has 3 saturated heterocycles. The molecule has 2 bridgehead atoms. The lowest BCUT2D eigenvalue weighted by Gasteiger charge is -2.44. The summed E-state index contributed by atoms with van der Waals surface area (Å²) in [5.74, 6) is -6.19. The summed E-state index contributed by atoms with van der Waals surface area (Å²) in [5, 5.41) is 12.1. The van der Waals surface area contributed by atoms with Gasteiger partial charge in [-0.25, -0.2) is 14.2 Å². The van der Waals surface area contributed by atoms with Crippen molar-refractivity contribution in [3.8, 4) is 0 Å². The van der Waals surface area contributed by atoms with Crippen LogP contribution in [-0.2, 0) is 38.1 Å². The van der Waals surface area contributed by atoms with Crippen LogP contribution in [-0.4, -0.2) is 106 Å². The van der Waals surface area contributed by atoms with Crippen molar-refractivity contribution in [3.05, 3.63) is 0 Å². The van der Waals surface area contributed by atoms with Crippen molar-refractivity contribution in [2.24, 2.45) is 28.7 Å². The number of cyclic esters (lactones) is 1. The Bertz CT molecular complexity index is 1300. The number of hydrogen-bond acceptors (Lipinski definition) is 10. The fourth-order valence-corrected chi connectivity index (χ4v) is 8.77. The van der Waals surface area contributed by atoms with E-state index in [-0.39, 0.29) is 55.9 Å². The number of alkyl halides is 1. The number of halogens is 1. The molecule has 0 aromatic heterocycles. The average molecular weight is 681 g/mol. The van der Waals surface area contributed by atoms with Gasteiger partial charge in [-0.2, -0.15) is 0 Å². The van der Waals surface area contributed by atoms with Crippen molar-refractivity contribution in [1.82, 2.24) is 4.90 Å². The standard InChI is InChI=1S/C36H57FN2O9/c1-12-26-34(8,44)25-15-14-24(40)18-36(22(6)29(20(25)4)38-27(41)13-2)35(9,48-36)31(21(5)30(42)33(7,37)32(43)46-26)47-28-17-23(39(10)11)16-19(3)45-28/h19-23,25-26,28,31,44H,12-18H2,1-11H3/t19-,20-,21+,22+,23+,25-,26-,28+,31-,33+,34+,35+,36?/m1/s1. The minimum Gasteiger partial charge on any atom is -0.457 e. The predicted molar refractivity (Wildman–Crippen MR) is 176 cm³/mol. The monoisotopic (exact) mass is 680 g/mol. The van der Waals surface area contributed by atoms with E-state index < -0.39 is 76.4 Å². The normalized spacial score (nSPS) is 46.8. The highest BCUT2D eigenvalue weighted by Crippen LogP contribution is 2.61. The van der Waals surface area contributed by atoms with E-state index in [1.807, 2.05) is 34.9 Å². The summed E-state index contributed by atoms with van der Waals surface area (Å²) in [7, 11) is 3.93. The van der Waals surface area contributed by atoms with Gasteiger partial charge in [0.15, 0.2) is 12.1 Å². The smallest absolute Gasteiger partial charge is 0.351 e. The summed E-state index contributed by atoms with van der Waals surface area (Å²) < 4.78 is 41.8. The molecule has 4 fully saturated rings. The molecular formula is C36H57FN2O9. The minimum absolute atomic E-state index is 0.0753. The van der Waals surface area contributed by atoms with Crippen LogP contribution in [0.1, 0.15) is 107 Å². The van der Waals surface area contributed by atoms with Crippen LogP contribution in [0.15, 0.2) is 4.99 Å². The van der Waals surface area contributed by atoms with Gasteiger partial charge < -0.3 is 29.0 Å². The van der Waals surface area contributed by atoms with Crippen LogP contribution in [0.25, 0.3) is 0 Å². The second-order valence-corrected chi connectivity index (χ2v) is 15.5. The maximum atomic E-state index is 16.6. The quantitative estimate of drug-likeness (QED) is 0.252. The van der Waals surface area contributed by atoms with Crippen molar-refractivity contribution in [3.63, 3.8) is 0 Å². The molecule has 0 radical (unpaired) electrons. The number of nitrogens with zero attached hydrogens (tertiary/aromatic N) is 2. The summed E-state index contributed by atoms with van der Waals surface area (Å²) in [5.41, 5.74) is -7.05. The third kappa shape index (κ3) is 6.81. The zero-order chi connectivity index (χ0) is 36.1. The van der Waals surface area contributed by atoms with E-state index in [2.05, 4.69) is 9.89 Å². The fraction of sp³-hybridized carbons (Fsp3) is 0.861. The van der Waals surface area contributed by atoms with Gasteiger partial charge in [-0.15, -0.1) is 0 Å². The van der Waals surface area contributed by atoms with Crippen molar-refractivity contribution < 1.29 is 47.6 Å². The maximum Gasteiger partial charge on any atom is 0.351 e. The van der Waals surface area contributed by atoms with Crippen LogP contribution in [0.3, 0.4) is 0 Å². The first-order chi connectivity index (χ1) is 22.2. The molecule has 4 rings (SSSR count). The van der Waals surface area contributed by atoms with Crippen LogP contribution in [0.5, 0.6) is 0 Å². The molecule has 1 aliphatic carbocycles. The number of esters is 1. The Morgan fingerprint density at radius 2 is 1.71 bits per heavy atom. The van der Waals surface area contributed by atoms with Crippen molar-refractivity contribution in [1.29, 1.82) is 0 Å². The summed E-state index contributed by atoms with van der Waals surface area (Å²) in [6, 6.07) is 0.104. The molecule has 1 amide bonds. The molecule has 3 heterocycles. The molecule has 12 heteroatoms. The van der Waals surface area contributed by atoms with Crippen LogP contribution in [0.4, 0.5) is 4.39 Å². The number of ether oxygens (including phenoxy) is 4. The fourth-order valence-electron chi connectivity index (χ4n) is 8.77. The van der Waals surface area contributed by atoms with Crippen LogP contribution < -0.4 is 0 Å². The van der Waals surface area contributed by atoms with Crippen molar-refractivity contribution in [2.45, 2.75) is 160 Å². The van der Waals surface area contributed by atoms with Gasteiger partial charge in [0.25, 0.3) is 5.67 Å². The molecule has 48 heavy (non-hydrogen) atoms. The number of amides is 1. The lowest BCUT2D eigenvalue weighted by Crippen LogP contribution is -2.57. The van der Waals surface area contributed by atoms with E-state index in [0.29, 0.717) is 12.1 Å². The third-order valence-corrected chi connectivity index (χ3v) is 11.9. The molecule has 0 aromatic carbocycles. The van der Waals surface area contributed by atoms with Crippen molar-refractivity contribution >= 4 is 29.2 Å². The van der Waals surface area contributed by atoms with Crippen LogP contribution in [0.2, 0.25) is 0 Å². The third-order valence-electron chi connectivity index (χ3n) is 11.9. The predicted octanol–water partition coefficient (Wildman–Crippen LogP) is 4.39. The summed E-state index contributed by atoms with van der Waals surface area (Å²) in [6.45, 7) is 14.6. The van der Waals surface area contributed by atoms with E-state index in [0.717, 1.165) is 13.3 Å². The Kier molecular flexibility index (Phi) is 11.2. The number of hydrogen-bond donors (Lipinski definition) is 1. The van der Waals surface area contributed by atoms with Gasteiger partial charge in [0, 0.05) is 55.2 Å². The Morgan fingerprint density at radius 1 is 1.06 bits per heavy atom. The maximum absolute atomic E-state index is 16.6. The van der Waals surface area contributed by atoms with E-state index in [1.165, 1.54) is 13.8 Å². The molecule has 0 aromatic rings. The van der Waals surface area contributed by atoms with Crippen LogP contribution >= 0.6 is 0 Å². The number of epoxide rings is 1. The van der Waals surface area contributed by atoms with Crippen LogP contribution in [0, 0.1) is 23.7 Å². The number of aliphatic hydroxyl groups is 1. The minimum atomic E-state index is -3.08. The van der Waals surface area contributed by atoms with Gasteiger partial charge in [-0.3, -0.25) is 14.4 Å². The summed E-state index contributed by atoms with van der Waals surface area (Å²) in [4.78, 5) is 61.2. The molecule has 1 unspecified atom stereocenters. The number of ketones is 2. The number of Topliss-reactive ketones (excluding diaryl/α,β-unsaturated/α-hetero) is 2. The molecule has 3 aliphatic heterocycles. The van der Waals surface area contributed by atoms with E-state index in [1.54, 1.807) is 20.8 Å². The Hall–Kier alpha value is -2.12. The number of aliphatic imine (C=N–C) groups is 1. The first-order valence-electron chi connectivity index (χ1n) is 17.6. The van der Waals surface area contributed by atoms with Gasteiger partial charge in [-0.1, -0.05) is 34.6 Å². The summed E-state index contributed by atoms with van der Waals surface area (Å²) in [6.07, 6.45) is -1.70. The molecule has 272 valence electrons. The Labute approximate surface area is 284 Å². The molecule has 13 atom stereocenters. The highest BCUT2D eigenvalue weighted by molar-refractivity contribution is 6.08. The van der Waals surface area contributed by atoms with Gasteiger partial charge >= 0.3 is 5.97 Å². The van der Waals surface area contributed by atoms with Crippen molar-refractivity contribution in [2.75, 3.05) is 14.1 Å². The first kappa shape index (κ1) is 38.7. The Morgan fingerprint density at radius 3 is 2.29 bits per heavy atom. The highest BCUT2D eigenvalue weighted by Gasteiger charge is 2.76. The van der Waals surface area contributed by atoms with Gasteiger partial charge in [0.2, 0.25) is 5.91 Å². The lowest BCUT2D eigenvalue weighted by atomic mass is 9.67. The largest absolute Gasteiger partial charge is 0.457 e. The number of fused-ring (bicyclic) bond motifs is 3. The average Bonchev–Trinajstić information content (AvgIpc) is 3.62. The van der Waals surface area contributed by atoms with Gasteiger partial charge in [0.1, 0.15) is 34.8 Å². The SMILES string of the molecule is CCC(=O)N=C1[C@H](C)[C@H]2CCC(=O)CC3(O[C@@]3(C)[C@H](O[C@H]3C[C@@H](N(C)C)C[C@@H](C)O3)[C@@H](C)C(=O)[C@](C)(F)C(=O)O[C@H](CC)[C@@]2(C)O)[C@H]1C. The van der Waals surface area contributed by atoms with Gasteiger partial charge in [0.05, 0.1) is 6.10 Å². The second kappa shape index (κ2) is 13.9. The zero-order valence-electron chi connectivity index (χ0n) is 30.6. The lowest BCUT2D eigenvalue weighted by molar-refractivity contribution is -0.238. The molecule has 1 saturated carbocycles. The Balaban J connectivity index is 1.95. The van der Waals surface area contributed by atoms with E-state index >= 15 is 4.39 Å². The second-order valence-electron chi connectivity index (χ2n) is 15.5. The van der Waals surface area contributed by atoms with Gasteiger partial charge in [-0.05, 0) is 67.0 Å². The number of carbonyl (C=O) groups excluding carboxylic acids is 4. The summed E-state index contributed by atoms with van der Waals surface area (Å²) >= 11 is 0.